The van der Waals surface area contributed by atoms with Crippen LogP contribution in [0.3, 0.4) is 0 Å². The molecule has 3 radical (unpaired) electrons. The van der Waals surface area contributed by atoms with E-state index in [1.807, 2.05) is 32.0 Å². The van der Waals surface area contributed by atoms with Crippen molar-refractivity contribution in [2.75, 3.05) is 0 Å². The first-order chi connectivity index (χ1) is 7.70. The van der Waals surface area contributed by atoms with Gasteiger partial charge in [-0.3, -0.25) is 23.8 Å². The smallest absolute Gasteiger partial charge is 0 e. The van der Waals surface area contributed by atoms with Crippen LogP contribution < -0.4 is 0 Å². The monoisotopic (exact) mass is 1080 g/mol. The van der Waals surface area contributed by atoms with Gasteiger partial charge in [0.15, 0.2) is 0 Å². The molecule has 0 amide bonds. The Kier molecular flexibility index (Phi) is 128. The normalized spacial score (nSPS) is 5.28. The Morgan fingerprint density at radius 2 is 1.52 bits per heavy atom. The molecule has 1 aromatic heterocycles. The predicted octanol–water partition coefficient (Wildman–Crippen LogP) is 4.55. The van der Waals surface area contributed by atoms with Crippen molar-refractivity contribution in [2.45, 2.75) is 35.1 Å². The van der Waals surface area contributed by atoms with Crippen molar-refractivity contribution in [3.05, 3.63) is 68.7 Å². The second kappa shape index (κ2) is 50.9. The Morgan fingerprint density at radius 1 is 1.08 bits per heavy atom. The molecule has 139 valence electrons. The number of benzene rings is 1. The van der Waals surface area contributed by atoms with Crippen molar-refractivity contribution >= 4 is 0 Å². The van der Waals surface area contributed by atoms with Crippen LogP contribution >= 0.6 is 0 Å². The van der Waals surface area contributed by atoms with E-state index >= 15 is 0 Å². The standard InChI is InChI=1S/C7H6.C4H4N2.C3H7.2CH4.CH3.3W.3Y/c1-7-5-3-2-4-6-7;1-6-4-2-3-5-6;1-3-2;;;;;;;;;/h2-3,6H,1H3;2H,1H3;1,3H2,2H3;2*1H4;1H3;;;;;;/q2*-2;-1;;;-1;;;;;;. The first kappa shape index (κ1) is 63.0. The van der Waals surface area contributed by atoms with E-state index in [0.717, 1.165) is 12.0 Å². The Bertz CT molecular complexity index is 351. The van der Waals surface area contributed by atoms with Crippen molar-refractivity contribution in [3.63, 3.8) is 0 Å². The average Bonchev–Trinajstić information content (AvgIpc) is 2.72. The topological polar surface area (TPSA) is 17.8 Å². The molecular weight excluding hydrogens is 1050 g/mol. The second-order valence-electron chi connectivity index (χ2n) is 3.00. The van der Waals surface area contributed by atoms with E-state index in [9.17, 15) is 0 Å². The quantitative estimate of drug-likeness (QED) is 0.355. The summed E-state index contributed by atoms with van der Waals surface area (Å²) < 4.78 is 1.57. The van der Waals surface area contributed by atoms with Crippen LogP contribution in [0.1, 0.15) is 33.8 Å². The molecule has 0 saturated heterocycles. The van der Waals surface area contributed by atoms with Crippen LogP contribution in [0.15, 0.2) is 24.3 Å². The molecule has 0 unspecified atom stereocenters. The van der Waals surface area contributed by atoms with Gasteiger partial charge in [-0.2, -0.15) is 6.42 Å². The van der Waals surface area contributed by atoms with E-state index < -0.39 is 0 Å². The van der Waals surface area contributed by atoms with Gasteiger partial charge in [0.25, 0.3) is 0 Å². The number of aryl methyl sites for hydroxylation is 2. The van der Waals surface area contributed by atoms with Crippen LogP contribution in [0.2, 0.25) is 0 Å². The summed E-state index contributed by atoms with van der Waals surface area (Å²) in [6.45, 7) is 7.50. The third-order valence-corrected chi connectivity index (χ3v) is 1.31. The molecule has 1 heterocycles. The van der Waals surface area contributed by atoms with E-state index in [2.05, 4.69) is 36.5 Å². The summed E-state index contributed by atoms with van der Waals surface area (Å²) in [6.07, 6.45) is 6.34. The van der Waals surface area contributed by atoms with Gasteiger partial charge < -0.3 is 54.7 Å². The van der Waals surface area contributed by atoms with Crippen LogP contribution in [0.25, 0.3) is 0 Å². The number of aromatic nitrogens is 2. The van der Waals surface area contributed by atoms with Gasteiger partial charge in [0.2, 0.25) is 0 Å². The molecule has 0 aliphatic rings. The molecule has 0 aliphatic carbocycles. The van der Waals surface area contributed by atoms with Crippen LogP contribution in [0.5, 0.6) is 0 Å². The molecule has 0 atom stereocenters. The molecule has 0 fully saturated rings. The van der Waals surface area contributed by atoms with Crippen LogP contribution in [-0.4, -0.2) is 9.78 Å². The van der Waals surface area contributed by atoms with Crippen molar-refractivity contribution in [3.8, 4) is 0 Å². The number of rotatable bonds is 0. The Labute approximate surface area is 276 Å². The summed E-state index contributed by atoms with van der Waals surface area (Å²) in [6, 6.07) is 13.2. The van der Waals surface area contributed by atoms with E-state index in [0.29, 0.717) is 0 Å². The van der Waals surface area contributed by atoms with Gasteiger partial charge in [-0.25, -0.2) is 0 Å². The van der Waals surface area contributed by atoms with Crippen molar-refractivity contribution < 1.29 is 161 Å². The fourth-order valence-electron chi connectivity index (χ4n) is 0.703. The van der Waals surface area contributed by atoms with Crippen LogP contribution in [-0.2, 0) is 168 Å². The van der Waals surface area contributed by atoms with E-state index in [1.54, 1.807) is 17.8 Å². The molecule has 0 N–H and O–H groups in total. The van der Waals surface area contributed by atoms with Gasteiger partial charge >= 0.3 is 0 Å². The van der Waals surface area contributed by atoms with Crippen molar-refractivity contribution in [1.29, 1.82) is 0 Å². The Morgan fingerprint density at radius 3 is 1.64 bits per heavy atom. The van der Waals surface area contributed by atoms with Crippen LogP contribution in [0.4, 0.5) is 0 Å². The largest absolute Gasteiger partial charge is 0.487 e. The number of hydrogen-bond donors (Lipinski definition) is 0. The minimum absolute atomic E-state index is 0. The zero-order valence-electron chi connectivity index (χ0n) is 14.1. The van der Waals surface area contributed by atoms with Crippen LogP contribution in [0, 0.1) is 45.8 Å². The third-order valence-electron chi connectivity index (χ3n) is 1.31. The first-order valence-electron chi connectivity index (χ1n) is 5.12. The number of hydrogen-bond acceptors (Lipinski definition) is 1. The Hall–Kier alpha value is 3.81. The summed E-state index contributed by atoms with van der Waals surface area (Å²) >= 11 is 0. The molecule has 0 bridgehead atoms. The molecule has 0 saturated carbocycles. The molecule has 8 heteroatoms. The summed E-state index contributed by atoms with van der Waals surface area (Å²) in [5, 5.41) is 3.65. The maximum Gasteiger partial charge on any atom is 0 e. The fraction of sp³-hybridized carbons (Fsp3) is 0.353. The van der Waals surface area contributed by atoms with Gasteiger partial charge in [0.1, 0.15) is 0 Å². The maximum atomic E-state index is 3.65. The minimum Gasteiger partial charge on any atom is -0.487 e. The molecule has 2 nitrogen and oxygen atoms in total. The molecule has 25 heavy (non-hydrogen) atoms. The van der Waals surface area contributed by atoms with E-state index in [-0.39, 0.29) is 184 Å². The molecular formula is C17H28N2W3Y3-6. The van der Waals surface area contributed by atoms with Gasteiger partial charge in [0.05, 0.1) is 0 Å². The van der Waals surface area contributed by atoms with E-state index in [4.69, 9.17) is 0 Å². The molecule has 0 spiro atoms. The average molecular weight is 1080 g/mol. The molecule has 0 aliphatic heterocycles. The molecule has 2 aromatic rings. The van der Waals surface area contributed by atoms with Gasteiger partial charge in [-0.05, 0) is 7.05 Å². The third kappa shape index (κ3) is 52.4. The zero-order chi connectivity index (χ0) is 12.2. The van der Waals surface area contributed by atoms with Gasteiger partial charge in [0, 0.05) is 161 Å². The van der Waals surface area contributed by atoms with Crippen molar-refractivity contribution in [1.82, 2.24) is 9.78 Å². The molecule has 2 rings (SSSR count). The maximum absolute atomic E-state index is 3.65. The second-order valence-corrected chi connectivity index (χ2v) is 3.00. The minimum atomic E-state index is 0. The SMILES string of the molecule is C.C.Cc1[c-]cc[c-]c1.Cn1[c-]c[c-]n1.[CH2-]CC.[CH3-].[W].[W].[W].[Y].[Y].[Y]. The van der Waals surface area contributed by atoms with Gasteiger partial charge in [-0.1, -0.05) is 21.8 Å². The van der Waals surface area contributed by atoms with Crippen molar-refractivity contribution in [2.24, 2.45) is 7.05 Å². The predicted molar refractivity (Wildman–Crippen MR) is 85.3 cm³/mol. The summed E-state index contributed by atoms with van der Waals surface area (Å²) in [5.74, 6) is 0. The summed E-state index contributed by atoms with van der Waals surface area (Å²) in [5.41, 5.74) is 1.14. The Balaban J connectivity index is -0.0000000149. The fourth-order valence-corrected chi connectivity index (χ4v) is 0.703. The zero-order valence-corrected chi connectivity index (χ0v) is 31.4. The van der Waals surface area contributed by atoms with Gasteiger partial charge in [-0.15, -0.1) is 6.92 Å². The van der Waals surface area contributed by atoms with E-state index in [1.165, 1.54) is 0 Å². The summed E-state index contributed by atoms with van der Waals surface area (Å²) in [4.78, 5) is 0. The number of nitrogens with zero attached hydrogens (tertiary/aromatic N) is 2. The first-order valence-corrected chi connectivity index (χ1v) is 5.12. The molecule has 1 aromatic carbocycles. The summed E-state index contributed by atoms with van der Waals surface area (Å²) in [7, 11) is 1.80.